The summed E-state index contributed by atoms with van der Waals surface area (Å²) in [6.45, 7) is 3.12. The molecule has 1 amide bonds. The fourth-order valence-electron chi connectivity index (χ4n) is 5.03. The highest BCUT2D eigenvalue weighted by Gasteiger charge is 2.30. The van der Waals surface area contributed by atoms with Crippen molar-refractivity contribution in [2.45, 2.75) is 37.8 Å². The van der Waals surface area contributed by atoms with Crippen LogP contribution >= 0.6 is 11.3 Å². The van der Waals surface area contributed by atoms with Gasteiger partial charge < -0.3 is 10.2 Å². The first kappa shape index (κ1) is 27.1. The number of thiazole rings is 1. The zero-order valence-corrected chi connectivity index (χ0v) is 22.3. The molecular weight excluding hydrogens is 519 g/mol. The molecule has 8 heteroatoms. The summed E-state index contributed by atoms with van der Waals surface area (Å²) in [7, 11) is 0. The zero-order valence-electron chi connectivity index (χ0n) is 21.5. The third-order valence-electron chi connectivity index (χ3n) is 7.15. The molecule has 1 N–H and O–H groups in total. The summed E-state index contributed by atoms with van der Waals surface area (Å²) in [6, 6.07) is 22.5. The van der Waals surface area contributed by atoms with E-state index in [2.05, 4.69) is 39.5 Å². The smallest absolute Gasteiger partial charge is 0.320 e. The molecule has 4 aromatic rings. The number of nitrogens with zero attached hydrogens (tertiary/aromatic N) is 2. The van der Waals surface area contributed by atoms with Gasteiger partial charge in [0.05, 0.1) is 10.6 Å². The largest absolute Gasteiger partial charge is 0.416 e. The number of benzene rings is 3. The van der Waals surface area contributed by atoms with E-state index in [1.54, 1.807) is 35.7 Å². The van der Waals surface area contributed by atoms with Crippen LogP contribution in [0.4, 0.5) is 18.9 Å². The lowest BCUT2D eigenvalue weighted by Crippen LogP contribution is -2.33. The highest BCUT2D eigenvalue weighted by molar-refractivity contribution is 7.10. The SMILES string of the molecule is O=C(Nc1ccccc1-c1cccc(C(F)(F)F)c1)c1csc(C2CCN(CCCc3ccccc3)CC2)n1. The summed E-state index contributed by atoms with van der Waals surface area (Å²) in [5, 5.41) is 5.59. The lowest BCUT2D eigenvalue weighted by molar-refractivity contribution is -0.137. The lowest BCUT2D eigenvalue weighted by atomic mass is 9.97. The molecule has 4 nitrogen and oxygen atoms in total. The summed E-state index contributed by atoms with van der Waals surface area (Å²) < 4.78 is 39.7. The van der Waals surface area contributed by atoms with E-state index in [4.69, 9.17) is 0 Å². The quantitative estimate of drug-likeness (QED) is 0.243. The van der Waals surface area contributed by atoms with Crippen LogP contribution in [0.2, 0.25) is 0 Å². The van der Waals surface area contributed by atoms with E-state index in [-0.39, 0.29) is 5.91 Å². The molecule has 1 fully saturated rings. The minimum atomic E-state index is -4.44. The second kappa shape index (κ2) is 12.1. The lowest BCUT2D eigenvalue weighted by Gasteiger charge is -2.31. The van der Waals surface area contributed by atoms with E-state index in [0.717, 1.165) is 62.5 Å². The number of carbonyl (C=O) groups is 1. The van der Waals surface area contributed by atoms with Gasteiger partial charge in [0.2, 0.25) is 0 Å². The highest BCUT2D eigenvalue weighted by Crippen LogP contribution is 2.35. The Morgan fingerprint density at radius 3 is 2.49 bits per heavy atom. The molecule has 1 aliphatic rings. The Labute approximate surface area is 230 Å². The van der Waals surface area contributed by atoms with Crippen molar-refractivity contribution >= 4 is 22.9 Å². The number of nitrogens with one attached hydrogen (secondary N) is 1. The van der Waals surface area contributed by atoms with Gasteiger partial charge in [-0.25, -0.2) is 4.98 Å². The number of carbonyl (C=O) groups excluding carboxylic acids is 1. The standard InChI is InChI=1S/C31H30F3N3OS/c32-31(33,34)25-12-6-11-24(20-25)26-13-4-5-14-27(26)35-29(38)28-21-39-30(36-28)23-15-18-37(19-16-23)17-7-10-22-8-2-1-3-9-22/h1-6,8-9,11-14,20-21,23H,7,10,15-19H2,(H,35,38). The summed E-state index contributed by atoms with van der Waals surface area (Å²) in [5.74, 6) is -0.0328. The first-order chi connectivity index (χ1) is 18.9. The van der Waals surface area contributed by atoms with Gasteiger partial charge in [-0.1, -0.05) is 60.7 Å². The summed E-state index contributed by atoms with van der Waals surface area (Å²) in [4.78, 5) is 20.2. The normalized spacial score (nSPS) is 14.8. The number of anilines is 1. The number of aryl methyl sites for hydroxylation is 1. The Bertz CT molecular complexity index is 1400. The number of para-hydroxylation sites is 1. The predicted octanol–water partition coefficient (Wildman–Crippen LogP) is 7.89. The molecule has 0 atom stereocenters. The summed E-state index contributed by atoms with van der Waals surface area (Å²) in [5.41, 5.74) is 2.33. The molecule has 0 spiro atoms. The fourth-order valence-corrected chi connectivity index (χ4v) is 6.00. The number of amides is 1. The van der Waals surface area contributed by atoms with Gasteiger partial charge in [0.15, 0.2) is 0 Å². The van der Waals surface area contributed by atoms with Crippen molar-refractivity contribution in [3.8, 4) is 11.1 Å². The molecule has 3 aromatic carbocycles. The molecule has 0 radical (unpaired) electrons. The number of piperidine rings is 1. The van der Waals surface area contributed by atoms with Crippen molar-refractivity contribution < 1.29 is 18.0 Å². The molecule has 5 rings (SSSR count). The van der Waals surface area contributed by atoms with Gasteiger partial charge in [-0.2, -0.15) is 13.2 Å². The number of alkyl halides is 3. The van der Waals surface area contributed by atoms with E-state index >= 15 is 0 Å². The minimum Gasteiger partial charge on any atom is -0.320 e. The third kappa shape index (κ3) is 6.94. The average molecular weight is 550 g/mol. The number of aromatic nitrogens is 1. The molecule has 202 valence electrons. The molecule has 0 bridgehead atoms. The molecule has 1 saturated heterocycles. The van der Waals surface area contributed by atoms with Gasteiger partial charge in [0, 0.05) is 22.5 Å². The number of rotatable bonds is 8. The average Bonchev–Trinajstić information content (AvgIpc) is 3.45. The molecule has 0 unspecified atom stereocenters. The number of hydrogen-bond acceptors (Lipinski definition) is 4. The number of hydrogen-bond donors (Lipinski definition) is 1. The zero-order chi connectivity index (χ0) is 27.2. The second-order valence-electron chi connectivity index (χ2n) is 9.85. The second-order valence-corrected chi connectivity index (χ2v) is 10.7. The first-order valence-corrected chi connectivity index (χ1v) is 14.0. The summed E-state index contributed by atoms with van der Waals surface area (Å²) in [6.07, 6.45) is -0.194. The van der Waals surface area contributed by atoms with Gasteiger partial charge in [0.25, 0.3) is 5.91 Å². The maximum absolute atomic E-state index is 13.2. The third-order valence-corrected chi connectivity index (χ3v) is 8.16. The first-order valence-electron chi connectivity index (χ1n) is 13.2. The summed E-state index contributed by atoms with van der Waals surface area (Å²) >= 11 is 1.50. The van der Waals surface area contributed by atoms with Crippen molar-refractivity contribution in [2.24, 2.45) is 0 Å². The van der Waals surface area contributed by atoms with Crippen LogP contribution in [0.1, 0.15) is 51.8 Å². The van der Waals surface area contributed by atoms with Gasteiger partial charge in [0.1, 0.15) is 5.69 Å². The molecule has 0 aliphatic carbocycles. The van der Waals surface area contributed by atoms with E-state index in [1.807, 2.05) is 6.07 Å². The van der Waals surface area contributed by atoms with Crippen molar-refractivity contribution in [2.75, 3.05) is 25.0 Å². The molecule has 1 aromatic heterocycles. The monoisotopic (exact) mass is 549 g/mol. The molecular formula is C31H30F3N3OS. The van der Waals surface area contributed by atoms with Crippen LogP contribution in [0.3, 0.4) is 0 Å². The van der Waals surface area contributed by atoms with Crippen molar-refractivity contribution in [3.63, 3.8) is 0 Å². The van der Waals surface area contributed by atoms with E-state index < -0.39 is 11.7 Å². The Morgan fingerprint density at radius 2 is 1.72 bits per heavy atom. The van der Waals surface area contributed by atoms with E-state index in [1.165, 1.54) is 23.0 Å². The number of likely N-dealkylation sites (tertiary alicyclic amines) is 1. The van der Waals surface area contributed by atoms with Gasteiger partial charge in [-0.3, -0.25) is 4.79 Å². The Morgan fingerprint density at radius 1 is 0.974 bits per heavy atom. The van der Waals surface area contributed by atoms with Gasteiger partial charge in [-0.05, 0) is 74.6 Å². The van der Waals surface area contributed by atoms with Crippen LogP contribution in [-0.4, -0.2) is 35.4 Å². The van der Waals surface area contributed by atoms with Crippen LogP contribution in [0.5, 0.6) is 0 Å². The molecule has 39 heavy (non-hydrogen) atoms. The maximum atomic E-state index is 13.2. The fraction of sp³-hybridized carbons (Fsp3) is 0.290. The highest BCUT2D eigenvalue weighted by atomic mass is 32.1. The van der Waals surface area contributed by atoms with Crippen LogP contribution < -0.4 is 5.32 Å². The predicted molar refractivity (Wildman–Crippen MR) is 150 cm³/mol. The van der Waals surface area contributed by atoms with E-state index in [9.17, 15) is 18.0 Å². The van der Waals surface area contributed by atoms with Crippen molar-refractivity contribution in [1.29, 1.82) is 0 Å². The Hall–Kier alpha value is -3.49. The number of halogens is 3. The van der Waals surface area contributed by atoms with Crippen LogP contribution in [0.25, 0.3) is 11.1 Å². The van der Waals surface area contributed by atoms with Gasteiger partial charge >= 0.3 is 6.18 Å². The van der Waals surface area contributed by atoms with E-state index in [0.29, 0.717) is 28.4 Å². The van der Waals surface area contributed by atoms with Crippen LogP contribution in [-0.2, 0) is 12.6 Å². The van der Waals surface area contributed by atoms with Crippen molar-refractivity contribution in [1.82, 2.24) is 9.88 Å². The Balaban J connectivity index is 1.18. The minimum absolute atomic E-state index is 0.333. The Kier molecular flexibility index (Phi) is 8.43. The van der Waals surface area contributed by atoms with Crippen molar-refractivity contribution in [3.05, 3.63) is 106 Å². The maximum Gasteiger partial charge on any atom is 0.416 e. The van der Waals surface area contributed by atoms with Crippen LogP contribution in [0.15, 0.2) is 84.2 Å². The molecule has 1 aliphatic heterocycles. The molecule has 2 heterocycles. The topological polar surface area (TPSA) is 45.2 Å². The molecule has 0 saturated carbocycles. The van der Waals surface area contributed by atoms with Crippen LogP contribution in [0, 0.1) is 0 Å². The van der Waals surface area contributed by atoms with Gasteiger partial charge in [-0.15, -0.1) is 11.3 Å².